The Hall–Kier alpha value is -3.06. The first-order chi connectivity index (χ1) is 14.5. The van der Waals surface area contributed by atoms with Crippen molar-refractivity contribution in [2.75, 3.05) is 6.54 Å². The zero-order valence-corrected chi connectivity index (χ0v) is 17.9. The zero-order valence-electron chi connectivity index (χ0n) is 17.1. The lowest BCUT2D eigenvalue weighted by Crippen LogP contribution is -2.32. The van der Waals surface area contributed by atoms with Gasteiger partial charge in [-0.25, -0.2) is 9.67 Å². The summed E-state index contributed by atoms with van der Waals surface area (Å²) in [6.45, 7) is 5.03. The molecule has 154 valence electrons. The molecule has 0 fully saturated rings. The highest BCUT2D eigenvalue weighted by molar-refractivity contribution is 7.18. The van der Waals surface area contributed by atoms with Gasteiger partial charge in [-0.05, 0) is 30.5 Å². The van der Waals surface area contributed by atoms with Crippen molar-refractivity contribution in [2.24, 2.45) is 5.92 Å². The number of rotatable bonds is 7. The number of hydrogen-bond acceptors (Lipinski definition) is 5. The van der Waals surface area contributed by atoms with Crippen LogP contribution in [0, 0.1) is 5.92 Å². The van der Waals surface area contributed by atoms with Crippen LogP contribution in [-0.2, 0) is 13.0 Å². The molecule has 0 bridgehead atoms. The van der Waals surface area contributed by atoms with E-state index in [4.69, 9.17) is 0 Å². The summed E-state index contributed by atoms with van der Waals surface area (Å²) in [6.07, 6.45) is 1.59. The Morgan fingerprint density at radius 3 is 2.60 bits per heavy atom. The summed E-state index contributed by atoms with van der Waals surface area (Å²) >= 11 is 1.69. The molecule has 7 heteroatoms. The van der Waals surface area contributed by atoms with Crippen molar-refractivity contribution in [1.29, 1.82) is 0 Å². The lowest BCUT2D eigenvalue weighted by molar-refractivity contribution is 0.0947. The van der Waals surface area contributed by atoms with Gasteiger partial charge in [-0.15, -0.1) is 11.3 Å². The van der Waals surface area contributed by atoms with E-state index in [-0.39, 0.29) is 17.4 Å². The predicted octanol–water partition coefficient (Wildman–Crippen LogP) is 4.02. The van der Waals surface area contributed by atoms with Gasteiger partial charge in [-0.1, -0.05) is 44.2 Å². The molecule has 0 saturated carbocycles. The van der Waals surface area contributed by atoms with Gasteiger partial charge >= 0.3 is 0 Å². The Bertz CT molecular complexity index is 1230. The van der Waals surface area contributed by atoms with Crippen molar-refractivity contribution < 1.29 is 4.79 Å². The number of carbonyl (C=O) groups excluding carboxylic acids is 1. The Balaban J connectivity index is 1.47. The van der Waals surface area contributed by atoms with Gasteiger partial charge in [0.05, 0.1) is 20.6 Å². The largest absolute Gasteiger partial charge is 0.351 e. The van der Waals surface area contributed by atoms with Gasteiger partial charge < -0.3 is 5.32 Å². The van der Waals surface area contributed by atoms with Crippen LogP contribution in [0.15, 0.2) is 53.3 Å². The normalized spacial score (nSPS) is 11.4. The molecule has 0 radical (unpaired) electrons. The number of benzene rings is 2. The van der Waals surface area contributed by atoms with Crippen LogP contribution in [0.5, 0.6) is 0 Å². The molecule has 0 aliphatic carbocycles. The summed E-state index contributed by atoms with van der Waals surface area (Å²) < 4.78 is 2.59. The summed E-state index contributed by atoms with van der Waals surface area (Å²) in [7, 11) is 0. The monoisotopic (exact) mass is 420 g/mol. The second-order valence-electron chi connectivity index (χ2n) is 7.71. The fourth-order valence-corrected chi connectivity index (χ4v) is 4.43. The molecule has 0 unspecified atom stereocenters. The number of amides is 1. The highest BCUT2D eigenvalue weighted by Gasteiger charge is 2.17. The first-order valence-corrected chi connectivity index (χ1v) is 11.0. The van der Waals surface area contributed by atoms with Crippen molar-refractivity contribution in [2.45, 2.75) is 33.2 Å². The molecule has 4 aromatic rings. The van der Waals surface area contributed by atoms with Gasteiger partial charge in [0.2, 0.25) is 0 Å². The van der Waals surface area contributed by atoms with E-state index in [2.05, 4.69) is 21.5 Å². The minimum Gasteiger partial charge on any atom is -0.351 e. The fourth-order valence-electron chi connectivity index (χ4n) is 3.42. The first kappa shape index (κ1) is 20.2. The van der Waals surface area contributed by atoms with Gasteiger partial charge in [0, 0.05) is 24.9 Å². The Kier molecular flexibility index (Phi) is 5.90. The highest BCUT2D eigenvalue weighted by atomic mass is 32.1. The minimum atomic E-state index is -0.256. The Morgan fingerprint density at radius 1 is 1.10 bits per heavy atom. The average Bonchev–Trinajstić information content (AvgIpc) is 3.16. The van der Waals surface area contributed by atoms with Crippen LogP contribution in [0.2, 0.25) is 0 Å². The lowest BCUT2D eigenvalue weighted by Gasteiger charge is -2.12. The van der Waals surface area contributed by atoms with E-state index in [0.29, 0.717) is 29.6 Å². The van der Waals surface area contributed by atoms with Crippen LogP contribution in [0.1, 0.15) is 35.8 Å². The number of nitrogens with zero attached hydrogens (tertiary/aromatic N) is 3. The molecule has 30 heavy (non-hydrogen) atoms. The van der Waals surface area contributed by atoms with E-state index in [1.54, 1.807) is 23.5 Å². The van der Waals surface area contributed by atoms with Crippen LogP contribution in [0.4, 0.5) is 0 Å². The molecule has 0 aliphatic rings. The number of thiazole rings is 1. The maximum atomic E-state index is 12.9. The minimum absolute atomic E-state index is 0.160. The fraction of sp³-hybridized carbons (Fsp3) is 0.304. The smallest absolute Gasteiger partial charge is 0.274 e. The quantitative estimate of drug-likeness (QED) is 0.458. The van der Waals surface area contributed by atoms with Crippen molar-refractivity contribution in [3.63, 3.8) is 0 Å². The number of para-hydroxylation sites is 1. The number of carbonyl (C=O) groups is 1. The number of aryl methyl sites for hydroxylation is 1. The first-order valence-electron chi connectivity index (χ1n) is 10.2. The molecular formula is C23H24N4O2S. The lowest BCUT2D eigenvalue weighted by atomic mass is 10.1. The third-order valence-electron chi connectivity index (χ3n) is 4.81. The van der Waals surface area contributed by atoms with Gasteiger partial charge in [0.25, 0.3) is 11.5 Å². The van der Waals surface area contributed by atoms with Crippen LogP contribution in [0.3, 0.4) is 0 Å². The number of aromatic nitrogens is 3. The Morgan fingerprint density at radius 2 is 1.83 bits per heavy atom. The average molecular weight is 421 g/mol. The summed E-state index contributed by atoms with van der Waals surface area (Å²) in [6, 6.07) is 15.2. The molecule has 0 saturated heterocycles. The molecule has 0 spiro atoms. The second kappa shape index (κ2) is 8.75. The molecular weight excluding hydrogens is 396 g/mol. The predicted molar refractivity (Wildman–Crippen MR) is 121 cm³/mol. The van der Waals surface area contributed by atoms with Crippen LogP contribution in [-0.4, -0.2) is 27.2 Å². The summed E-state index contributed by atoms with van der Waals surface area (Å²) in [5, 5.41) is 9.52. The van der Waals surface area contributed by atoms with Crippen molar-refractivity contribution in [3.05, 3.63) is 69.6 Å². The molecule has 2 aromatic heterocycles. The van der Waals surface area contributed by atoms with E-state index >= 15 is 0 Å². The van der Waals surface area contributed by atoms with E-state index in [1.165, 1.54) is 9.38 Å². The number of nitrogens with one attached hydrogen (secondary N) is 1. The van der Waals surface area contributed by atoms with Gasteiger partial charge in [0.15, 0.2) is 5.69 Å². The molecule has 0 aliphatic heterocycles. The van der Waals surface area contributed by atoms with Crippen LogP contribution >= 0.6 is 11.3 Å². The van der Waals surface area contributed by atoms with Crippen LogP contribution in [0.25, 0.3) is 21.0 Å². The summed E-state index contributed by atoms with van der Waals surface area (Å²) in [5.41, 5.74) is 1.15. The molecule has 2 heterocycles. The summed E-state index contributed by atoms with van der Waals surface area (Å²) in [4.78, 5) is 30.2. The van der Waals surface area contributed by atoms with E-state index in [1.807, 2.05) is 44.2 Å². The molecule has 4 rings (SSSR count). The number of hydrogen-bond donors (Lipinski definition) is 1. The number of fused-ring (bicyclic) bond motifs is 2. The van der Waals surface area contributed by atoms with Crippen molar-refractivity contribution in [1.82, 2.24) is 20.1 Å². The van der Waals surface area contributed by atoms with Gasteiger partial charge in [-0.3, -0.25) is 9.59 Å². The van der Waals surface area contributed by atoms with Gasteiger partial charge in [0.1, 0.15) is 0 Å². The van der Waals surface area contributed by atoms with E-state index < -0.39 is 0 Å². The SMILES string of the molecule is CC(C)Cn1nc(C(=O)NCCCc2nc3ccccc3s2)c2ccccc2c1=O. The molecule has 0 atom stereocenters. The molecule has 1 N–H and O–H groups in total. The third-order valence-corrected chi connectivity index (χ3v) is 5.91. The standard InChI is InChI=1S/C23H24N4O2S/c1-15(2)14-27-23(29)17-9-4-3-8-16(17)21(26-27)22(28)24-13-7-12-20-25-18-10-5-6-11-19(18)30-20/h3-6,8-11,15H,7,12-14H2,1-2H3,(H,24,28). The second-order valence-corrected chi connectivity index (χ2v) is 8.83. The Labute approximate surface area is 178 Å². The van der Waals surface area contributed by atoms with Crippen molar-refractivity contribution in [3.8, 4) is 0 Å². The van der Waals surface area contributed by atoms with Crippen molar-refractivity contribution >= 4 is 38.2 Å². The van der Waals surface area contributed by atoms with Gasteiger partial charge in [-0.2, -0.15) is 5.10 Å². The maximum Gasteiger partial charge on any atom is 0.274 e. The topological polar surface area (TPSA) is 76.9 Å². The highest BCUT2D eigenvalue weighted by Crippen LogP contribution is 2.22. The third kappa shape index (κ3) is 4.26. The zero-order chi connectivity index (χ0) is 21.1. The maximum absolute atomic E-state index is 12.9. The van der Waals surface area contributed by atoms with Crippen LogP contribution < -0.4 is 10.9 Å². The summed E-state index contributed by atoms with van der Waals surface area (Å²) in [5.74, 6) is -0.00547. The molecule has 6 nitrogen and oxygen atoms in total. The van der Waals surface area contributed by atoms with E-state index in [9.17, 15) is 9.59 Å². The van der Waals surface area contributed by atoms with E-state index in [0.717, 1.165) is 23.4 Å². The molecule has 1 amide bonds. The molecule has 2 aromatic carbocycles.